The van der Waals surface area contributed by atoms with E-state index in [1.807, 2.05) is 32.2 Å². The molecule has 3 nitrogen and oxygen atoms in total. The molecule has 1 aromatic rings. The van der Waals surface area contributed by atoms with Gasteiger partial charge in [-0.25, -0.2) is 0 Å². The number of hydrogen-bond acceptors (Lipinski definition) is 3. The van der Waals surface area contributed by atoms with Gasteiger partial charge in [-0.2, -0.15) is 11.8 Å². The summed E-state index contributed by atoms with van der Waals surface area (Å²) in [4.78, 5) is 11.9. The largest absolute Gasteiger partial charge is 0.387 e. The minimum Gasteiger partial charge on any atom is -0.387 e. The topological polar surface area (TPSA) is 41.1 Å². The first-order valence-corrected chi connectivity index (χ1v) is 7.14. The lowest BCUT2D eigenvalue weighted by Crippen LogP contribution is -2.25. The molecule has 0 saturated carbocycles. The smallest absolute Gasteiger partial charge is 0.253 e. The molecular weight excluding hydrogens is 232 g/mol. The molecule has 0 aliphatic carbocycles. The molecule has 0 fully saturated rings. The van der Waals surface area contributed by atoms with E-state index in [2.05, 4.69) is 16.9 Å². The number of benzene rings is 1. The zero-order valence-corrected chi connectivity index (χ0v) is 11.5. The Morgan fingerprint density at radius 2 is 2.18 bits per heavy atom. The highest BCUT2D eigenvalue weighted by molar-refractivity contribution is 7.98. The highest BCUT2D eigenvalue weighted by atomic mass is 32.2. The molecule has 1 rings (SSSR count). The summed E-state index contributed by atoms with van der Waals surface area (Å²) >= 11 is 1.80. The van der Waals surface area contributed by atoms with E-state index in [4.69, 9.17) is 0 Å². The standard InChI is InChI=1S/C13H20N2OS/c1-10-5-6-11(12(9-10)14-2)13(16)15-7-4-8-17-3/h5-6,9,14H,4,7-8H2,1-3H3,(H,15,16). The lowest BCUT2D eigenvalue weighted by molar-refractivity contribution is 0.0954. The summed E-state index contributed by atoms with van der Waals surface area (Å²) in [6.07, 6.45) is 3.08. The lowest BCUT2D eigenvalue weighted by atomic mass is 10.1. The molecule has 0 heterocycles. The lowest BCUT2D eigenvalue weighted by Gasteiger charge is -2.10. The molecule has 0 aliphatic heterocycles. The highest BCUT2D eigenvalue weighted by Gasteiger charge is 2.09. The number of carbonyl (C=O) groups is 1. The van der Waals surface area contributed by atoms with Crippen LogP contribution in [-0.4, -0.2) is 31.5 Å². The maximum Gasteiger partial charge on any atom is 0.253 e. The number of carbonyl (C=O) groups excluding carboxylic acids is 1. The summed E-state index contributed by atoms with van der Waals surface area (Å²) in [7, 11) is 1.83. The van der Waals surface area contributed by atoms with Crippen molar-refractivity contribution < 1.29 is 4.79 Å². The van der Waals surface area contributed by atoms with Crippen molar-refractivity contribution in [3.63, 3.8) is 0 Å². The van der Waals surface area contributed by atoms with Crippen molar-refractivity contribution in [2.45, 2.75) is 13.3 Å². The van der Waals surface area contributed by atoms with Gasteiger partial charge in [0.1, 0.15) is 0 Å². The van der Waals surface area contributed by atoms with Crippen molar-refractivity contribution in [2.24, 2.45) is 0 Å². The second-order valence-corrected chi connectivity index (χ2v) is 4.89. The molecule has 0 unspecified atom stereocenters. The highest BCUT2D eigenvalue weighted by Crippen LogP contribution is 2.16. The first-order valence-electron chi connectivity index (χ1n) is 5.74. The third-order valence-electron chi connectivity index (χ3n) is 2.50. The van der Waals surface area contributed by atoms with Gasteiger partial charge in [0.25, 0.3) is 5.91 Å². The van der Waals surface area contributed by atoms with Gasteiger partial charge in [-0.15, -0.1) is 0 Å². The van der Waals surface area contributed by atoms with Crippen LogP contribution in [0.2, 0.25) is 0 Å². The predicted octanol–water partition coefficient (Wildman–Crippen LogP) is 2.52. The molecule has 0 radical (unpaired) electrons. The van der Waals surface area contributed by atoms with Crippen molar-refractivity contribution in [1.29, 1.82) is 0 Å². The fraction of sp³-hybridized carbons (Fsp3) is 0.462. The molecule has 0 spiro atoms. The zero-order valence-electron chi connectivity index (χ0n) is 10.7. The summed E-state index contributed by atoms with van der Waals surface area (Å²) in [6, 6.07) is 5.81. The van der Waals surface area contributed by atoms with E-state index in [0.29, 0.717) is 5.56 Å². The van der Waals surface area contributed by atoms with Crippen molar-refractivity contribution in [1.82, 2.24) is 5.32 Å². The van der Waals surface area contributed by atoms with Gasteiger partial charge in [0.2, 0.25) is 0 Å². The minimum atomic E-state index is -0.00421. The summed E-state index contributed by atoms with van der Waals surface area (Å²) in [5.74, 6) is 1.07. The second-order valence-electron chi connectivity index (χ2n) is 3.90. The van der Waals surface area contributed by atoms with Gasteiger partial charge in [-0.05, 0) is 43.0 Å². The summed E-state index contributed by atoms with van der Waals surface area (Å²) in [5.41, 5.74) is 2.74. The average molecular weight is 252 g/mol. The van der Waals surface area contributed by atoms with Gasteiger partial charge in [0, 0.05) is 19.3 Å². The monoisotopic (exact) mass is 252 g/mol. The van der Waals surface area contributed by atoms with Crippen LogP contribution in [-0.2, 0) is 0 Å². The number of rotatable bonds is 6. The molecule has 0 atom stereocenters. The van der Waals surface area contributed by atoms with Crippen molar-refractivity contribution >= 4 is 23.4 Å². The third-order valence-corrected chi connectivity index (χ3v) is 3.20. The number of hydrogen-bond donors (Lipinski definition) is 2. The van der Waals surface area contributed by atoms with Crippen LogP contribution in [0.3, 0.4) is 0 Å². The Bertz CT molecular complexity index is 380. The number of aryl methyl sites for hydroxylation is 1. The Morgan fingerprint density at radius 3 is 2.82 bits per heavy atom. The summed E-state index contributed by atoms with van der Waals surface area (Å²) < 4.78 is 0. The molecule has 0 aromatic heterocycles. The van der Waals surface area contributed by atoms with Gasteiger partial charge >= 0.3 is 0 Å². The third kappa shape index (κ3) is 4.30. The van der Waals surface area contributed by atoms with E-state index >= 15 is 0 Å². The van der Waals surface area contributed by atoms with Crippen LogP contribution >= 0.6 is 11.8 Å². The van der Waals surface area contributed by atoms with Gasteiger partial charge in [-0.3, -0.25) is 4.79 Å². The fourth-order valence-corrected chi connectivity index (χ4v) is 2.01. The van der Waals surface area contributed by atoms with Gasteiger partial charge in [0.05, 0.1) is 5.56 Å². The van der Waals surface area contributed by atoms with E-state index in [9.17, 15) is 4.79 Å². The van der Waals surface area contributed by atoms with E-state index in [0.717, 1.165) is 30.0 Å². The molecule has 4 heteroatoms. The van der Waals surface area contributed by atoms with Crippen LogP contribution in [0, 0.1) is 6.92 Å². The Morgan fingerprint density at radius 1 is 1.41 bits per heavy atom. The Kier molecular flexibility index (Phi) is 5.91. The second kappa shape index (κ2) is 7.22. The van der Waals surface area contributed by atoms with Gasteiger partial charge < -0.3 is 10.6 Å². The van der Waals surface area contributed by atoms with E-state index in [1.54, 1.807) is 11.8 Å². The van der Waals surface area contributed by atoms with Crippen LogP contribution in [0.4, 0.5) is 5.69 Å². The van der Waals surface area contributed by atoms with Crippen LogP contribution in [0.25, 0.3) is 0 Å². The molecule has 0 bridgehead atoms. The number of anilines is 1. The molecule has 94 valence electrons. The summed E-state index contributed by atoms with van der Waals surface area (Å²) in [6.45, 7) is 2.75. The SMILES string of the molecule is CNc1cc(C)ccc1C(=O)NCCCSC. The van der Waals surface area contributed by atoms with E-state index < -0.39 is 0 Å². The van der Waals surface area contributed by atoms with Gasteiger partial charge in [-0.1, -0.05) is 6.07 Å². The number of thioether (sulfide) groups is 1. The maximum atomic E-state index is 11.9. The Labute approximate surface area is 107 Å². The minimum absolute atomic E-state index is 0.00421. The number of nitrogens with one attached hydrogen (secondary N) is 2. The molecule has 2 N–H and O–H groups in total. The first kappa shape index (κ1) is 13.9. The zero-order chi connectivity index (χ0) is 12.7. The molecule has 0 saturated heterocycles. The fourth-order valence-electron chi connectivity index (χ4n) is 1.58. The molecule has 1 amide bonds. The summed E-state index contributed by atoms with van der Waals surface area (Å²) in [5, 5.41) is 5.99. The molecule has 17 heavy (non-hydrogen) atoms. The van der Waals surface area contributed by atoms with Crippen molar-refractivity contribution in [3.8, 4) is 0 Å². The predicted molar refractivity (Wildman–Crippen MR) is 76.1 cm³/mol. The van der Waals surface area contributed by atoms with E-state index in [1.165, 1.54) is 0 Å². The average Bonchev–Trinajstić information content (AvgIpc) is 2.34. The van der Waals surface area contributed by atoms with Crippen LogP contribution in [0.5, 0.6) is 0 Å². The first-order chi connectivity index (χ1) is 8.19. The number of amides is 1. The van der Waals surface area contributed by atoms with Crippen molar-refractivity contribution in [2.75, 3.05) is 30.9 Å². The molecule has 1 aromatic carbocycles. The maximum absolute atomic E-state index is 11.9. The molecule has 0 aliphatic rings. The van der Waals surface area contributed by atoms with Crippen LogP contribution in [0.1, 0.15) is 22.3 Å². The normalized spacial score (nSPS) is 10.1. The Hall–Kier alpha value is -1.16. The van der Waals surface area contributed by atoms with E-state index in [-0.39, 0.29) is 5.91 Å². The van der Waals surface area contributed by atoms with Crippen LogP contribution in [0.15, 0.2) is 18.2 Å². The van der Waals surface area contributed by atoms with Crippen LogP contribution < -0.4 is 10.6 Å². The van der Waals surface area contributed by atoms with Gasteiger partial charge in [0.15, 0.2) is 0 Å². The Balaban J connectivity index is 2.62. The van der Waals surface area contributed by atoms with Crippen molar-refractivity contribution in [3.05, 3.63) is 29.3 Å². The quantitative estimate of drug-likeness (QED) is 0.764. The molecular formula is C13H20N2OS.